The molecule has 7 heteroatoms. The molecule has 0 radical (unpaired) electrons. The number of nitrogens with one attached hydrogen (secondary N) is 3. The first-order valence-electron chi connectivity index (χ1n) is 2.84. The van der Waals surface area contributed by atoms with Gasteiger partial charge in [0.2, 0.25) is 5.96 Å². The van der Waals surface area contributed by atoms with Crippen LogP contribution in [0, 0.1) is 5.41 Å². The lowest BCUT2D eigenvalue weighted by molar-refractivity contribution is -0.123. The van der Waals surface area contributed by atoms with E-state index < -0.39 is 24.5 Å². The molecule has 0 unspecified atom stereocenters. The Balaban J connectivity index is 3.60. The van der Waals surface area contributed by atoms with Gasteiger partial charge in [0.25, 0.3) is 5.91 Å². The number of nitrogens with two attached hydrogens (primary N) is 2. The lowest BCUT2D eigenvalue weighted by Crippen LogP contribution is -2.52. The van der Waals surface area contributed by atoms with E-state index in [9.17, 15) is 4.79 Å². The van der Waals surface area contributed by atoms with Gasteiger partial charge in [-0.1, -0.05) is 0 Å². The van der Waals surface area contributed by atoms with Gasteiger partial charge in [0.15, 0.2) is 0 Å². The molecule has 11 heavy (non-hydrogen) atoms. The Morgan fingerprint density at radius 2 is 2.18 bits per heavy atom. The smallest absolute Gasteiger partial charge is 0.257 e. The number of hydrazine groups is 1. The van der Waals surface area contributed by atoms with Crippen LogP contribution < -0.4 is 22.3 Å². The molecule has 0 spiro atoms. The molecule has 0 saturated carbocycles. The van der Waals surface area contributed by atoms with Crippen molar-refractivity contribution in [2.45, 2.75) is 6.04 Å². The molecule has 8 N–H and O–H groups in total. The summed E-state index contributed by atoms with van der Waals surface area (Å²) in [7, 11) is 0. The number of aliphatic hydroxyl groups is 1. The Kier molecular flexibility index (Phi) is 3.93. The summed E-state index contributed by atoms with van der Waals surface area (Å²) in [5.41, 5.74) is 14.0. The number of guanidine groups is 1. The Bertz CT molecular complexity index is 159. The lowest BCUT2D eigenvalue weighted by Gasteiger charge is -2.09. The molecule has 0 aromatic rings. The molecule has 7 nitrogen and oxygen atoms in total. The standard InChI is InChI=1S/C4H11N5O2/c5-2(1-10)3(11)8-9-4(6)7/h2,10H,1,5H2,(H,8,11)(H4,6,7,9)/t2-/m0/s1. The molecule has 0 aromatic heterocycles. The molecule has 0 rings (SSSR count). The third-order valence-corrected chi connectivity index (χ3v) is 0.854. The van der Waals surface area contributed by atoms with Gasteiger partial charge in [-0.3, -0.25) is 21.1 Å². The summed E-state index contributed by atoms with van der Waals surface area (Å²) in [6.45, 7) is -0.453. The molecule has 64 valence electrons. The van der Waals surface area contributed by atoms with Crippen molar-refractivity contribution in [2.75, 3.05) is 6.61 Å². The van der Waals surface area contributed by atoms with E-state index in [-0.39, 0.29) is 0 Å². The normalized spacial score (nSPS) is 11.8. The molecule has 0 bridgehead atoms. The third kappa shape index (κ3) is 4.12. The fraction of sp³-hybridized carbons (Fsp3) is 0.500. The van der Waals surface area contributed by atoms with E-state index in [0.717, 1.165) is 0 Å². The monoisotopic (exact) mass is 161 g/mol. The van der Waals surface area contributed by atoms with Crippen LogP contribution in [0.5, 0.6) is 0 Å². The van der Waals surface area contributed by atoms with Gasteiger partial charge in [0.05, 0.1) is 6.61 Å². The molecule has 0 fully saturated rings. The number of carbonyl (C=O) groups is 1. The van der Waals surface area contributed by atoms with Crippen molar-refractivity contribution in [1.82, 2.24) is 10.9 Å². The predicted octanol–water partition coefficient (Wildman–Crippen LogP) is -3.18. The van der Waals surface area contributed by atoms with E-state index in [1.54, 1.807) is 0 Å². The van der Waals surface area contributed by atoms with E-state index in [1.165, 1.54) is 0 Å². The second-order valence-corrected chi connectivity index (χ2v) is 1.82. The molecule has 0 aliphatic rings. The number of amides is 1. The predicted molar refractivity (Wildman–Crippen MR) is 38.3 cm³/mol. The third-order valence-electron chi connectivity index (χ3n) is 0.854. The minimum atomic E-state index is -0.998. The Hall–Kier alpha value is -1.34. The van der Waals surface area contributed by atoms with Gasteiger partial charge in [0.1, 0.15) is 6.04 Å². The van der Waals surface area contributed by atoms with Crippen LogP contribution in [0.4, 0.5) is 0 Å². The molecule has 1 amide bonds. The number of hydrogen-bond donors (Lipinski definition) is 6. The molecular weight excluding hydrogens is 150 g/mol. The SMILES string of the molecule is N=C(N)NNC(=O)[C@@H](N)CO. The van der Waals surface area contributed by atoms with E-state index in [2.05, 4.69) is 0 Å². The van der Waals surface area contributed by atoms with Gasteiger partial charge in [-0.15, -0.1) is 0 Å². The van der Waals surface area contributed by atoms with Crippen LogP contribution in [0.2, 0.25) is 0 Å². The van der Waals surface area contributed by atoms with E-state index in [4.69, 9.17) is 22.0 Å². The van der Waals surface area contributed by atoms with Gasteiger partial charge in [-0.25, -0.2) is 0 Å². The van der Waals surface area contributed by atoms with Gasteiger partial charge in [0, 0.05) is 0 Å². The fourth-order valence-electron chi connectivity index (χ4n) is 0.305. The summed E-state index contributed by atoms with van der Waals surface area (Å²) < 4.78 is 0. The van der Waals surface area contributed by atoms with Crippen molar-refractivity contribution in [3.05, 3.63) is 0 Å². The summed E-state index contributed by atoms with van der Waals surface area (Å²) in [5.74, 6) is -1.02. The van der Waals surface area contributed by atoms with Crippen LogP contribution in [0.3, 0.4) is 0 Å². The summed E-state index contributed by atoms with van der Waals surface area (Å²) in [5, 5.41) is 15.0. The maximum absolute atomic E-state index is 10.7. The van der Waals surface area contributed by atoms with Crippen molar-refractivity contribution in [3.8, 4) is 0 Å². The summed E-state index contributed by atoms with van der Waals surface area (Å²) >= 11 is 0. The van der Waals surface area contributed by atoms with Crippen molar-refractivity contribution >= 4 is 11.9 Å². The maximum atomic E-state index is 10.7. The largest absolute Gasteiger partial charge is 0.394 e. The van der Waals surface area contributed by atoms with Gasteiger partial charge >= 0.3 is 0 Å². The van der Waals surface area contributed by atoms with Crippen LogP contribution in [-0.4, -0.2) is 29.6 Å². The average molecular weight is 161 g/mol. The molecular formula is C4H11N5O2. The van der Waals surface area contributed by atoms with E-state index in [1.807, 2.05) is 10.9 Å². The minimum absolute atomic E-state index is 0.400. The number of hydrogen-bond acceptors (Lipinski definition) is 4. The number of aliphatic hydroxyl groups excluding tert-OH is 1. The zero-order valence-corrected chi connectivity index (χ0v) is 5.79. The van der Waals surface area contributed by atoms with Crippen molar-refractivity contribution in [3.63, 3.8) is 0 Å². The minimum Gasteiger partial charge on any atom is -0.394 e. The van der Waals surface area contributed by atoms with Crippen LogP contribution in [-0.2, 0) is 4.79 Å². The zero-order chi connectivity index (χ0) is 8.85. The Labute approximate surface area is 63.2 Å². The molecule has 1 atom stereocenters. The highest BCUT2D eigenvalue weighted by atomic mass is 16.3. The average Bonchev–Trinajstić information content (AvgIpc) is 1.98. The molecule has 0 aromatic carbocycles. The van der Waals surface area contributed by atoms with Crippen LogP contribution in [0.25, 0.3) is 0 Å². The molecule has 0 saturated heterocycles. The summed E-state index contributed by atoms with van der Waals surface area (Å²) in [6.07, 6.45) is 0. The Morgan fingerprint density at radius 1 is 1.64 bits per heavy atom. The lowest BCUT2D eigenvalue weighted by atomic mass is 10.3. The number of carbonyl (C=O) groups excluding carboxylic acids is 1. The summed E-state index contributed by atoms with van der Waals surface area (Å²) in [6, 6.07) is -0.998. The first kappa shape index (κ1) is 9.66. The molecule has 0 aliphatic carbocycles. The van der Waals surface area contributed by atoms with E-state index in [0.29, 0.717) is 0 Å². The van der Waals surface area contributed by atoms with Crippen molar-refractivity contribution < 1.29 is 9.90 Å². The highest BCUT2D eigenvalue weighted by Gasteiger charge is 2.10. The number of rotatable bonds is 2. The first-order valence-corrected chi connectivity index (χ1v) is 2.84. The fourth-order valence-corrected chi connectivity index (χ4v) is 0.305. The quantitative estimate of drug-likeness (QED) is 0.144. The van der Waals surface area contributed by atoms with Crippen molar-refractivity contribution in [2.24, 2.45) is 11.5 Å². The van der Waals surface area contributed by atoms with Crippen LogP contribution in [0.15, 0.2) is 0 Å². The second-order valence-electron chi connectivity index (χ2n) is 1.82. The topological polar surface area (TPSA) is 137 Å². The van der Waals surface area contributed by atoms with Gasteiger partial charge in [-0.2, -0.15) is 0 Å². The van der Waals surface area contributed by atoms with Gasteiger partial charge in [-0.05, 0) is 0 Å². The van der Waals surface area contributed by atoms with Crippen LogP contribution >= 0.6 is 0 Å². The Morgan fingerprint density at radius 3 is 2.55 bits per heavy atom. The summed E-state index contributed by atoms with van der Waals surface area (Å²) in [4.78, 5) is 10.7. The van der Waals surface area contributed by atoms with E-state index >= 15 is 0 Å². The highest BCUT2D eigenvalue weighted by Crippen LogP contribution is 1.72. The molecule has 0 aliphatic heterocycles. The zero-order valence-electron chi connectivity index (χ0n) is 5.79. The van der Waals surface area contributed by atoms with Crippen LogP contribution in [0.1, 0.15) is 0 Å². The first-order chi connectivity index (χ1) is 5.07. The maximum Gasteiger partial charge on any atom is 0.257 e. The molecule has 0 heterocycles. The van der Waals surface area contributed by atoms with Gasteiger partial charge < -0.3 is 16.6 Å². The second kappa shape index (κ2) is 4.47. The van der Waals surface area contributed by atoms with Crippen molar-refractivity contribution in [1.29, 1.82) is 5.41 Å². The highest BCUT2D eigenvalue weighted by molar-refractivity contribution is 5.84.